The van der Waals surface area contributed by atoms with Gasteiger partial charge in [0.15, 0.2) is 23.9 Å². The molecule has 0 unspecified atom stereocenters. The van der Waals surface area contributed by atoms with E-state index in [1.165, 1.54) is 7.11 Å². The molecule has 26 heavy (non-hydrogen) atoms. The molecule has 0 saturated heterocycles. The smallest absolute Gasteiger partial charge is 0.200 e. The van der Waals surface area contributed by atoms with Crippen LogP contribution in [0.5, 0.6) is 11.5 Å². The lowest BCUT2D eigenvalue weighted by atomic mass is 10.0. The molecule has 0 amide bonds. The molecule has 3 rings (SSSR count). The van der Waals surface area contributed by atoms with E-state index in [9.17, 15) is 4.79 Å². The Bertz CT molecular complexity index is 941. The van der Waals surface area contributed by atoms with Gasteiger partial charge in [-0.15, -0.1) is 0 Å². The second-order valence-electron chi connectivity index (χ2n) is 5.63. The molecule has 0 radical (unpaired) electrons. The van der Waals surface area contributed by atoms with E-state index < -0.39 is 0 Å². The number of carbonyl (C=O) groups excluding carboxylic acids is 1. The largest absolute Gasteiger partial charge is 0.493 e. The molecule has 0 atom stereocenters. The van der Waals surface area contributed by atoms with Crippen LogP contribution in [0.2, 0.25) is 0 Å². The number of hydrogen-bond acceptors (Lipinski definition) is 4. The highest BCUT2D eigenvalue weighted by Crippen LogP contribution is 2.28. The van der Waals surface area contributed by atoms with Gasteiger partial charge in [0, 0.05) is 11.6 Å². The molecule has 0 aliphatic carbocycles. The first kappa shape index (κ1) is 17.2. The summed E-state index contributed by atoms with van der Waals surface area (Å²) in [6.45, 7) is -0.104. The molecule has 4 nitrogen and oxygen atoms in total. The second-order valence-corrected chi connectivity index (χ2v) is 5.63. The topological polar surface area (TPSA) is 59.3 Å². The molecule has 0 bridgehead atoms. The maximum Gasteiger partial charge on any atom is 0.200 e. The zero-order valence-corrected chi connectivity index (χ0v) is 14.3. The number of rotatable bonds is 6. The normalized spacial score (nSPS) is 10.0. The molecule has 0 N–H and O–H groups in total. The zero-order chi connectivity index (χ0) is 18.4. The fourth-order valence-corrected chi connectivity index (χ4v) is 2.56. The van der Waals surface area contributed by atoms with E-state index in [4.69, 9.17) is 14.7 Å². The number of ketones is 1. The first-order valence-electron chi connectivity index (χ1n) is 8.11. The number of nitriles is 1. The van der Waals surface area contributed by atoms with Crippen molar-refractivity contribution in [3.63, 3.8) is 0 Å². The van der Waals surface area contributed by atoms with Crippen LogP contribution in [0.15, 0.2) is 72.8 Å². The number of Topliss-reactive ketones (excluding diaryl/α,β-unsaturated/α-hetero) is 1. The van der Waals surface area contributed by atoms with Crippen LogP contribution in [0.1, 0.15) is 15.9 Å². The SMILES string of the molecule is COc1cc(C#N)ccc1OCC(=O)c1ccc(-c2ccccc2)cc1. The maximum atomic E-state index is 12.4. The van der Waals surface area contributed by atoms with Gasteiger partial charge in [-0.1, -0.05) is 54.6 Å². The monoisotopic (exact) mass is 343 g/mol. The standard InChI is InChI=1S/C22H17NO3/c1-25-22-13-16(14-23)7-12-21(22)26-15-20(24)19-10-8-18(9-11-19)17-5-3-2-4-6-17/h2-13H,15H2,1H3. The highest BCUT2D eigenvalue weighted by Gasteiger charge is 2.11. The fourth-order valence-electron chi connectivity index (χ4n) is 2.56. The average molecular weight is 343 g/mol. The molecule has 0 fully saturated rings. The van der Waals surface area contributed by atoms with Crippen molar-refractivity contribution >= 4 is 5.78 Å². The summed E-state index contributed by atoms with van der Waals surface area (Å²) in [7, 11) is 1.49. The maximum absolute atomic E-state index is 12.4. The highest BCUT2D eigenvalue weighted by molar-refractivity contribution is 5.97. The van der Waals surface area contributed by atoms with E-state index in [0.717, 1.165) is 11.1 Å². The Morgan fingerprint density at radius 3 is 2.27 bits per heavy atom. The van der Waals surface area contributed by atoms with Gasteiger partial charge >= 0.3 is 0 Å². The van der Waals surface area contributed by atoms with Gasteiger partial charge in [-0.2, -0.15) is 5.26 Å². The van der Waals surface area contributed by atoms with Crippen LogP contribution in [0.4, 0.5) is 0 Å². The number of methoxy groups -OCH3 is 1. The molecule has 128 valence electrons. The third kappa shape index (κ3) is 3.90. The van der Waals surface area contributed by atoms with Crippen molar-refractivity contribution in [3.8, 4) is 28.7 Å². The molecule has 0 heterocycles. The number of carbonyl (C=O) groups is 1. The van der Waals surface area contributed by atoms with E-state index in [0.29, 0.717) is 22.6 Å². The third-order valence-electron chi connectivity index (χ3n) is 3.97. The molecule has 0 spiro atoms. The number of hydrogen-bond donors (Lipinski definition) is 0. The van der Waals surface area contributed by atoms with Crippen LogP contribution in [-0.4, -0.2) is 19.5 Å². The van der Waals surface area contributed by atoms with Crippen molar-refractivity contribution in [2.24, 2.45) is 0 Å². The molecular weight excluding hydrogens is 326 g/mol. The van der Waals surface area contributed by atoms with Crippen LogP contribution in [0.3, 0.4) is 0 Å². The number of nitrogens with zero attached hydrogens (tertiary/aromatic N) is 1. The van der Waals surface area contributed by atoms with Crippen molar-refractivity contribution in [2.45, 2.75) is 0 Å². The summed E-state index contributed by atoms with van der Waals surface area (Å²) in [6.07, 6.45) is 0. The predicted molar refractivity (Wildman–Crippen MR) is 99.4 cm³/mol. The lowest BCUT2D eigenvalue weighted by Crippen LogP contribution is -2.12. The van der Waals surface area contributed by atoms with Crippen molar-refractivity contribution in [1.82, 2.24) is 0 Å². The van der Waals surface area contributed by atoms with Gasteiger partial charge in [0.1, 0.15) is 0 Å². The molecule has 0 saturated carbocycles. The van der Waals surface area contributed by atoms with E-state index >= 15 is 0 Å². The van der Waals surface area contributed by atoms with Gasteiger partial charge in [0.05, 0.1) is 18.7 Å². The Morgan fingerprint density at radius 2 is 1.62 bits per heavy atom. The Kier molecular flexibility index (Phi) is 5.31. The Morgan fingerprint density at radius 1 is 0.923 bits per heavy atom. The van der Waals surface area contributed by atoms with Crippen LogP contribution in [-0.2, 0) is 0 Å². The molecule has 3 aromatic carbocycles. The van der Waals surface area contributed by atoms with Crippen molar-refractivity contribution < 1.29 is 14.3 Å². The molecule has 0 aliphatic rings. The first-order valence-corrected chi connectivity index (χ1v) is 8.11. The molecule has 0 aromatic heterocycles. The molecule has 0 aliphatic heterocycles. The average Bonchev–Trinajstić information content (AvgIpc) is 2.72. The lowest BCUT2D eigenvalue weighted by molar-refractivity contribution is 0.0919. The van der Waals surface area contributed by atoms with Gasteiger partial charge in [-0.3, -0.25) is 4.79 Å². The van der Waals surface area contributed by atoms with Crippen LogP contribution >= 0.6 is 0 Å². The number of ether oxygens (including phenoxy) is 2. The van der Waals surface area contributed by atoms with Gasteiger partial charge < -0.3 is 9.47 Å². The van der Waals surface area contributed by atoms with Crippen molar-refractivity contribution in [1.29, 1.82) is 5.26 Å². The van der Waals surface area contributed by atoms with E-state index in [1.807, 2.05) is 48.5 Å². The summed E-state index contributed by atoms with van der Waals surface area (Å²) in [4.78, 5) is 12.4. The van der Waals surface area contributed by atoms with Crippen LogP contribution in [0.25, 0.3) is 11.1 Å². The number of benzene rings is 3. The Labute approximate surface area is 152 Å². The van der Waals surface area contributed by atoms with Gasteiger partial charge in [0.25, 0.3) is 0 Å². The zero-order valence-electron chi connectivity index (χ0n) is 14.3. The van der Waals surface area contributed by atoms with Crippen LogP contribution < -0.4 is 9.47 Å². The fraction of sp³-hybridized carbons (Fsp3) is 0.0909. The quantitative estimate of drug-likeness (QED) is 0.619. The van der Waals surface area contributed by atoms with E-state index in [1.54, 1.807) is 30.3 Å². The van der Waals surface area contributed by atoms with E-state index in [2.05, 4.69) is 0 Å². The van der Waals surface area contributed by atoms with Crippen molar-refractivity contribution in [3.05, 3.63) is 83.9 Å². The van der Waals surface area contributed by atoms with Crippen molar-refractivity contribution in [2.75, 3.05) is 13.7 Å². The van der Waals surface area contributed by atoms with Gasteiger partial charge in [-0.25, -0.2) is 0 Å². The van der Waals surface area contributed by atoms with E-state index in [-0.39, 0.29) is 12.4 Å². The summed E-state index contributed by atoms with van der Waals surface area (Å²) in [5, 5.41) is 8.92. The minimum atomic E-state index is -0.129. The van der Waals surface area contributed by atoms with Gasteiger partial charge in [0.2, 0.25) is 0 Å². The predicted octanol–water partition coefficient (Wildman–Crippen LogP) is 4.50. The third-order valence-corrected chi connectivity index (χ3v) is 3.97. The summed E-state index contributed by atoms with van der Waals surface area (Å²) in [5.41, 5.74) is 3.20. The summed E-state index contributed by atoms with van der Waals surface area (Å²) in [5.74, 6) is 0.730. The highest BCUT2D eigenvalue weighted by atomic mass is 16.5. The minimum absolute atomic E-state index is 0.104. The first-order chi connectivity index (χ1) is 12.7. The second kappa shape index (κ2) is 8.00. The molecular formula is C22H17NO3. The summed E-state index contributed by atoms with van der Waals surface area (Å²) in [6, 6.07) is 24.3. The lowest BCUT2D eigenvalue weighted by Gasteiger charge is -2.10. The molecule has 4 heteroatoms. The Hall–Kier alpha value is -3.58. The molecule has 3 aromatic rings. The van der Waals surface area contributed by atoms with Crippen LogP contribution in [0, 0.1) is 11.3 Å². The van der Waals surface area contributed by atoms with Gasteiger partial charge in [-0.05, 0) is 23.3 Å². The summed E-state index contributed by atoms with van der Waals surface area (Å²) >= 11 is 0. The minimum Gasteiger partial charge on any atom is -0.493 e. The summed E-state index contributed by atoms with van der Waals surface area (Å²) < 4.78 is 10.8. The Balaban J connectivity index is 1.68.